The molecule has 0 saturated carbocycles. The van der Waals surface area contributed by atoms with Crippen LogP contribution in [-0.2, 0) is 21.8 Å². The van der Waals surface area contributed by atoms with Crippen molar-refractivity contribution in [2.75, 3.05) is 0 Å². The summed E-state index contributed by atoms with van der Waals surface area (Å²) in [7, 11) is 0. The Labute approximate surface area is 177 Å². The molecular weight excluding hydrogens is 454 g/mol. The highest BCUT2D eigenvalue weighted by atomic mass is 35.5. The highest BCUT2D eigenvalue weighted by Crippen LogP contribution is 2.49. The SMILES string of the molecule is O=C(NCc1ccc(C2=NOC(c3cc(Cl)cc(Cl)c3)(C(F)(F)F)C2)cc1)C(F)F. The molecule has 1 N–H and O–H groups in total. The van der Waals surface area contributed by atoms with Crippen molar-refractivity contribution < 1.29 is 31.6 Å². The van der Waals surface area contributed by atoms with Crippen molar-refractivity contribution in [2.45, 2.75) is 31.2 Å². The molecule has 4 nitrogen and oxygen atoms in total. The molecule has 2 aromatic rings. The van der Waals surface area contributed by atoms with Gasteiger partial charge < -0.3 is 10.2 Å². The third-order valence-corrected chi connectivity index (χ3v) is 4.90. The Morgan fingerprint density at radius 2 is 1.73 bits per heavy atom. The quantitative estimate of drug-likeness (QED) is 0.595. The summed E-state index contributed by atoms with van der Waals surface area (Å²) in [6.45, 7) is -0.153. The van der Waals surface area contributed by atoms with Crippen molar-refractivity contribution in [3.8, 4) is 0 Å². The van der Waals surface area contributed by atoms with Crippen LogP contribution >= 0.6 is 23.2 Å². The summed E-state index contributed by atoms with van der Waals surface area (Å²) in [5, 5.41) is 5.71. The minimum absolute atomic E-state index is 0.0216. The summed E-state index contributed by atoms with van der Waals surface area (Å²) in [5.41, 5.74) is -2.17. The average molecular weight is 467 g/mol. The molecule has 1 unspecified atom stereocenters. The number of hydrogen-bond donors (Lipinski definition) is 1. The lowest BCUT2D eigenvalue weighted by atomic mass is 9.86. The number of nitrogens with zero attached hydrogens (tertiary/aromatic N) is 1. The maximum atomic E-state index is 14.0. The van der Waals surface area contributed by atoms with E-state index in [4.69, 9.17) is 28.0 Å². The molecule has 1 atom stereocenters. The van der Waals surface area contributed by atoms with E-state index in [-0.39, 0.29) is 27.9 Å². The molecule has 1 amide bonds. The second kappa shape index (κ2) is 8.39. The second-order valence-electron chi connectivity index (χ2n) is 6.50. The molecule has 1 aliphatic heterocycles. The number of alkyl halides is 5. The fourth-order valence-electron chi connectivity index (χ4n) is 2.93. The zero-order valence-electron chi connectivity index (χ0n) is 14.9. The van der Waals surface area contributed by atoms with Crippen molar-refractivity contribution in [3.63, 3.8) is 0 Å². The Bertz CT molecular complexity index is 960. The van der Waals surface area contributed by atoms with Crippen LogP contribution in [0.3, 0.4) is 0 Å². The molecule has 11 heteroatoms. The maximum absolute atomic E-state index is 14.0. The van der Waals surface area contributed by atoms with Gasteiger partial charge in [0.05, 0.1) is 5.71 Å². The predicted molar refractivity (Wildman–Crippen MR) is 101 cm³/mol. The third-order valence-electron chi connectivity index (χ3n) is 4.47. The molecule has 0 saturated heterocycles. The van der Waals surface area contributed by atoms with Crippen LogP contribution < -0.4 is 5.32 Å². The zero-order chi connectivity index (χ0) is 22.1. The van der Waals surface area contributed by atoms with Crippen LogP contribution in [0.25, 0.3) is 0 Å². The van der Waals surface area contributed by atoms with Crippen LogP contribution in [0.4, 0.5) is 22.0 Å². The Balaban J connectivity index is 1.81. The number of rotatable bonds is 5. The van der Waals surface area contributed by atoms with E-state index in [1.807, 2.05) is 5.32 Å². The van der Waals surface area contributed by atoms with Crippen LogP contribution in [0.5, 0.6) is 0 Å². The van der Waals surface area contributed by atoms with Gasteiger partial charge >= 0.3 is 12.6 Å². The summed E-state index contributed by atoms with van der Waals surface area (Å²) >= 11 is 11.7. The summed E-state index contributed by atoms with van der Waals surface area (Å²) in [5.74, 6) is -1.41. The van der Waals surface area contributed by atoms with Crippen LogP contribution in [0.1, 0.15) is 23.1 Å². The summed E-state index contributed by atoms with van der Waals surface area (Å²) in [4.78, 5) is 15.8. The maximum Gasteiger partial charge on any atom is 0.435 e. The lowest BCUT2D eigenvalue weighted by Crippen LogP contribution is -2.42. The van der Waals surface area contributed by atoms with E-state index in [1.54, 1.807) is 0 Å². The molecule has 2 aromatic carbocycles. The standard InChI is InChI=1S/C19H13Cl2F5N2O2/c20-13-5-12(6-14(21)7-13)18(19(24,25)26)8-15(28-30-18)11-3-1-10(2-4-11)9-27-17(29)16(22)23/h1-7,16H,8-9H2,(H,27,29). The van der Waals surface area contributed by atoms with Gasteiger partial charge in [0.15, 0.2) is 0 Å². The zero-order valence-corrected chi connectivity index (χ0v) is 16.5. The minimum atomic E-state index is -4.81. The van der Waals surface area contributed by atoms with Gasteiger partial charge in [0, 0.05) is 28.6 Å². The highest BCUT2D eigenvalue weighted by molar-refractivity contribution is 6.34. The molecule has 0 aromatic heterocycles. The molecule has 30 heavy (non-hydrogen) atoms. The lowest BCUT2D eigenvalue weighted by molar-refractivity contribution is -0.275. The number of amides is 1. The van der Waals surface area contributed by atoms with E-state index in [0.717, 1.165) is 12.1 Å². The van der Waals surface area contributed by atoms with Gasteiger partial charge in [-0.3, -0.25) is 4.79 Å². The van der Waals surface area contributed by atoms with Gasteiger partial charge in [0.25, 0.3) is 11.5 Å². The largest absolute Gasteiger partial charge is 0.435 e. The molecule has 0 radical (unpaired) electrons. The first kappa shape index (κ1) is 22.3. The first-order valence-corrected chi connectivity index (χ1v) is 9.21. The third kappa shape index (κ3) is 4.52. The van der Waals surface area contributed by atoms with Gasteiger partial charge in [-0.25, -0.2) is 0 Å². The molecule has 0 bridgehead atoms. The molecule has 0 aliphatic carbocycles. The molecule has 0 fully saturated rings. The summed E-state index contributed by atoms with van der Waals surface area (Å²) < 4.78 is 66.3. The van der Waals surface area contributed by atoms with E-state index in [2.05, 4.69) is 5.16 Å². The van der Waals surface area contributed by atoms with Gasteiger partial charge in [-0.1, -0.05) is 52.6 Å². The number of halogens is 7. The first-order valence-electron chi connectivity index (χ1n) is 8.45. The normalized spacial score (nSPS) is 18.9. The van der Waals surface area contributed by atoms with Gasteiger partial charge in [-0.2, -0.15) is 22.0 Å². The van der Waals surface area contributed by atoms with Crippen LogP contribution in [-0.4, -0.2) is 24.2 Å². The van der Waals surface area contributed by atoms with E-state index in [1.165, 1.54) is 30.3 Å². The van der Waals surface area contributed by atoms with Gasteiger partial charge in [0.1, 0.15) is 0 Å². The Morgan fingerprint density at radius 1 is 1.13 bits per heavy atom. The molecule has 0 spiro atoms. The fraction of sp³-hybridized carbons (Fsp3) is 0.263. The Hall–Kier alpha value is -2.39. The molecular formula is C19H13Cl2F5N2O2. The smallest absolute Gasteiger partial charge is 0.374 e. The van der Waals surface area contributed by atoms with Crippen molar-refractivity contribution in [1.29, 1.82) is 0 Å². The van der Waals surface area contributed by atoms with Crippen LogP contribution in [0.15, 0.2) is 47.6 Å². The minimum Gasteiger partial charge on any atom is -0.374 e. The van der Waals surface area contributed by atoms with Crippen LogP contribution in [0, 0.1) is 0 Å². The van der Waals surface area contributed by atoms with E-state index < -0.39 is 30.5 Å². The number of oxime groups is 1. The fourth-order valence-corrected chi connectivity index (χ4v) is 3.45. The highest BCUT2D eigenvalue weighted by Gasteiger charge is 2.62. The molecule has 3 rings (SSSR count). The van der Waals surface area contributed by atoms with Gasteiger partial charge in [-0.15, -0.1) is 0 Å². The van der Waals surface area contributed by atoms with Gasteiger partial charge in [-0.05, 0) is 29.3 Å². The lowest BCUT2D eigenvalue weighted by Gasteiger charge is -2.29. The average Bonchev–Trinajstić information content (AvgIpc) is 3.12. The van der Waals surface area contributed by atoms with Crippen molar-refractivity contribution in [3.05, 3.63) is 69.2 Å². The molecule has 160 valence electrons. The second-order valence-corrected chi connectivity index (χ2v) is 7.38. The number of benzene rings is 2. The Morgan fingerprint density at radius 3 is 2.27 bits per heavy atom. The molecule has 1 heterocycles. The van der Waals surface area contributed by atoms with Gasteiger partial charge in [0.2, 0.25) is 0 Å². The van der Waals surface area contributed by atoms with Crippen LogP contribution in [0.2, 0.25) is 10.0 Å². The molecule has 1 aliphatic rings. The first-order chi connectivity index (χ1) is 14.0. The number of hydrogen-bond acceptors (Lipinski definition) is 3. The number of carbonyl (C=O) groups excluding carboxylic acids is 1. The van der Waals surface area contributed by atoms with E-state index >= 15 is 0 Å². The van der Waals surface area contributed by atoms with E-state index in [9.17, 15) is 26.7 Å². The predicted octanol–water partition coefficient (Wildman–Crippen LogP) is 5.46. The summed E-state index contributed by atoms with van der Waals surface area (Å²) in [6, 6.07) is 9.43. The van der Waals surface area contributed by atoms with E-state index in [0.29, 0.717) is 11.1 Å². The number of nitrogens with one attached hydrogen (secondary N) is 1. The van der Waals surface area contributed by atoms with Crippen molar-refractivity contribution in [1.82, 2.24) is 5.32 Å². The topological polar surface area (TPSA) is 50.7 Å². The summed E-state index contributed by atoms with van der Waals surface area (Å²) in [6.07, 6.45) is -8.56. The number of carbonyl (C=O) groups is 1. The monoisotopic (exact) mass is 466 g/mol. The van der Waals surface area contributed by atoms with Crippen molar-refractivity contribution >= 4 is 34.8 Å². The Kier molecular flexibility index (Phi) is 6.24. The van der Waals surface area contributed by atoms with Crippen molar-refractivity contribution in [2.24, 2.45) is 5.16 Å².